The summed E-state index contributed by atoms with van der Waals surface area (Å²) in [6, 6.07) is 5.23. The van der Waals surface area contributed by atoms with Crippen molar-refractivity contribution < 1.29 is 27.9 Å². The van der Waals surface area contributed by atoms with Gasteiger partial charge in [-0.3, -0.25) is 9.59 Å². The maximum absolute atomic E-state index is 13.0. The third-order valence-corrected chi connectivity index (χ3v) is 4.94. The van der Waals surface area contributed by atoms with Gasteiger partial charge in [-0.15, -0.1) is 0 Å². The predicted octanol–water partition coefficient (Wildman–Crippen LogP) is 2.90. The number of halogens is 3. The number of carbonyl (C=O) groups excluding carboxylic acids is 1. The highest BCUT2D eigenvalue weighted by molar-refractivity contribution is 5.95. The summed E-state index contributed by atoms with van der Waals surface area (Å²) in [4.78, 5) is 24.7. The smallest absolute Gasteiger partial charge is 0.394 e. The Hall–Kier alpha value is -2.05. The number of fused-ring (bicyclic) bond motifs is 1. The van der Waals surface area contributed by atoms with Gasteiger partial charge in [0.1, 0.15) is 0 Å². The lowest BCUT2D eigenvalue weighted by atomic mass is 9.90. The largest absolute Gasteiger partial charge is 0.481 e. The SMILES string of the molecule is O=C(O)[C@@H]1CN(C(=O)c2ccc3c(c2)CCCC3)C[C@H]1C(F)(F)F. The molecule has 1 fully saturated rings. The Morgan fingerprint density at radius 1 is 1.08 bits per heavy atom. The summed E-state index contributed by atoms with van der Waals surface area (Å²) >= 11 is 0. The number of hydrogen-bond donors (Lipinski definition) is 1. The molecule has 0 spiro atoms. The number of benzene rings is 1. The van der Waals surface area contributed by atoms with E-state index in [1.807, 2.05) is 6.07 Å². The molecule has 24 heavy (non-hydrogen) atoms. The second-order valence-electron chi connectivity index (χ2n) is 6.49. The van der Waals surface area contributed by atoms with Gasteiger partial charge in [-0.05, 0) is 48.9 Å². The van der Waals surface area contributed by atoms with E-state index < -0.39 is 43.0 Å². The van der Waals surface area contributed by atoms with E-state index in [1.165, 1.54) is 5.56 Å². The monoisotopic (exact) mass is 341 g/mol. The molecule has 2 aliphatic rings. The normalized spacial score (nSPS) is 23.9. The second kappa shape index (κ2) is 6.11. The van der Waals surface area contributed by atoms with Crippen LogP contribution in [-0.4, -0.2) is 41.1 Å². The molecule has 7 heteroatoms. The number of hydrogen-bond acceptors (Lipinski definition) is 2. The molecule has 0 aromatic heterocycles. The summed E-state index contributed by atoms with van der Waals surface area (Å²) in [5.74, 6) is -5.66. The highest BCUT2D eigenvalue weighted by Gasteiger charge is 2.53. The molecular weight excluding hydrogens is 323 g/mol. The van der Waals surface area contributed by atoms with Crippen LogP contribution < -0.4 is 0 Å². The van der Waals surface area contributed by atoms with Crippen molar-refractivity contribution in [3.8, 4) is 0 Å². The Morgan fingerprint density at radius 3 is 2.33 bits per heavy atom. The molecule has 1 amide bonds. The van der Waals surface area contributed by atoms with Gasteiger partial charge in [0, 0.05) is 18.7 Å². The first kappa shape index (κ1) is 16.8. The van der Waals surface area contributed by atoms with Crippen LogP contribution in [-0.2, 0) is 17.6 Å². The van der Waals surface area contributed by atoms with Gasteiger partial charge in [0.25, 0.3) is 5.91 Å². The van der Waals surface area contributed by atoms with Gasteiger partial charge in [0.15, 0.2) is 0 Å². The fourth-order valence-corrected chi connectivity index (χ4v) is 3.60. The van der Waals surface area contributed by atoms with Crippen molar-refractivity contribution in [3.63, 3.8) is 0 Å². The van der Waals surface area contributed by atoms with E-state index in [4.69, 9.17) is 5.11 Å². The molecule has 1 aliphatic heterocycles. The third-order valence-electron chi connectivity index (χ3n) is 4.94. The van der Waals surface area contributed by atoms with Crippen molar-refractivity contribution >= 4 is 11.9 Å². The fraction of sp³-hybridized carbons (Fsp3) is 0.529. The molecule has 1 N–H and O–H groups in total. The van der Waals surface area contributed by atoms with E-state index in [0.29, 0.717) is 5.56 Å². The van der Waals surface area contributed by atoms with Crippen LogP contribution in [0.15, 0.2) is 18.2 Å². The molecule has 1 heterocycles. The van der Waals surface area contributed by atoms with E-state index in [2.05, 4.69) is 0 Å². The molecule has 1 aromatic rings. The van der Waals surface area contributed by atoms with Crippen molar-refractivity contribution in [1.82, 2.24) is 4.90 Å². The second-order valence-corrected chi connectivity index (χ2v) is 6.49. The average molecular weight is 341 g/mol. The summed E-state index contributed by atoms with van der Waals surface area (Å²) in [7, 11) is 0. The minimum absolute atomic E-state index is 0.336. The van der Waals surface area contributed by atoms with Crippen molar-refractivity contribution in [2.24, 2.45) is 11.8 Å². The number of aliphatic carboxylic acids is 1. The molecular formula is C17H18F3NO3. The standard InChI is InChI=1S/C17H18F3NO3/c18-17(19,20)14-9-21(8-13(14)16(23)24)15(22)12-6-5-10-3-1-2-4-11(10)7-12/h5-7,13-14H,1-4,8-9H2,(H,23,24)/t13-,14-/m1/s1. The Bertz CT molecular complexity index is 672. The Morgan fingerprint density at radius 2 is 1.75 bits per heavy atom. The van der Waals surface area contributed by atoms with Crippen molar-refractivity contribution in [2.45, 2.75) is 31.9 Å². The van der Waals surface area contributed by atoms with Gasteiger partial charge in [-0.1, -0.05) is 6.07 Å². The van der Waals surface area contributed by atoms with E-state index in [-0.39, 0.29) is 0 Å². The molecule has 0 bridgehead atoms. The molecule has 3 rings (SSSR count). The third kappa shape index (κ3) is 3.12. The molecule has 4 nitrogen and oxygen atoms in total. The highest BCUT2D eigenvalue weighted by Crippen LogP contribution is 2.38. The Labute approximate surface area is 137 Å². The lowest BCUT2D eigenvalue weighted by Crippen LogP contribution is -2.34. The first-order chi connectivity index (χ1) is 11.3. The molecule has 0 unspecified atom stereocenters. The number of carboxylic acids is 1. The summed E-state index contributed by atoms with van der Waals surface area (Å²) in [5, 5.41) is 9.04. The van der Waals surface area contributed by atoms with Crippen molar-refractivity contribution in [1.29, 1.82) is 0 Å². The number of rotatable bonds is 2. The van der Waals surface area contributed by atoms with E-state index >= 15 is 0 Å². The molecule has 1 aliphatic carbocycles. The number of carbonyl (C=O) groups is 2. The molecule has 0 saturated carbocycles. The summed E-state index contributed by atoms with van der Waals surface area (Å²) in [6.07, 6.45) is -0.691. The zero-order chi connectivity index (χ0) is 17.5. The topological polar surface area (TPSA) is 57.6 Å². The van der Waals surface area contributed by atoms with Crippen molar-refractivity contribution in [2.75, 3.05) is 13.1 Å². The maximum Gasteiger partial charge on any atom is 0.394 e. The van der Waals surface area contributed by atoms with Gasteiger partial charge >= 0.3 is 12.1 Å². The minimum Gasteiger partial charge on any atom is -0.481 e. The minimum atomic E-state index is -4.63. The number of amides is 1. The van der Waals surface area contributed by atoms with Gasteiger partial charge in [0.2, 0.25) is 0 Å². The van der Waals surface area contributed by atoms with Gasteiger partial charge < -0.3 is 10.0 Å². The zero-order valence-electron chi connectivity index (χ0n) is 13.0. The van der Waals surface area contributed by atoms with Crippen LogP contribution >= 0.6 is 0 Å². The average Bonchev–Trinajstić information content (AvgIpc) is 2.99. The van der Waals surface area contributed by atoms with E-state index in [9.17, 15) is 22.8 Å². The molecule has 130 valence electrons. The van der Waals surface area contributed by atoms with Crippen LogP contribution in [0.2, 0.25) is 0 Å². The molecule has 2 atom stereocenters. The summed E-state index contributed by atoms with van der Waals surface area (Å²) in [5.41, 5.74) is 2.58. The van der Waals surface area contributed by atoms with Gasteiger partial charge in [-0.2, -0.15) is 13.2 Å². The summed E-state index contributed by atoms with van der Waals surface area (Å²) < 4.78 is 39.1. The molecule has 0 radical (unpaired) electrons. The first-order valence-electron chi connectivity index (χ1n) is 7.98. The zero-order valence-corrected chi connectivity index (χ0v) is 13.0. The van der Waals surface area contributed by atoms with E-state index in [0.717, 1.165) is 36.1 Å². The Balaban J connectivity index is 1.82. The number of carboxylic acid groups (broad SMARTS) is 1. The number of aryl methyl sites for hydroxylation is 2. The number of nitrogens with zero attached hydrogens (tertiary/aromatic N) is 1. The predicted molar refractivity (Wildman–Crippen MR) is 79.7 cm³/mol. The number of likely N-dealkylation sites (tertiary alicyclic amines) is 1. The van der Waals surface area contributed by atoms with Crippen molar-refractivity contribution in [3.05, 3.63) is 34.9 Å². The first-order valence-corrected chi connectivity index (χ1v) is 7.98. The maximum atomic E-state index is 13.0. The molecule has 1 aromatic carbocycles. The fourth-order valence-electron chi connectivity index (χ4n) is 3.60. The van der Waals surface area contributed by atoms with Crippen LogP contribution in [0.25, 0.3) is 0 Å². The highest BCUT2D eigenvalue weighted by atomic mass is 19.4. The lowest BCUT2D eigenvalue weighted by Gasteiger charge is -2.20. The van der Waals surface area contributed by atoms with Crippen LogP contribution in [0.3, 0.4) is 0 Å². The molecule has 1 saturated heterocycles. The van der Waals surface area contributed by atoms with Gasteiger partial charge in [0.05, 0.1) is 11.8 Å². The van der Waals surface area contributed by atoms with Crippen LogP contribution in [0.5, 0.6) is 0 Å². The van der Waals surface area contributed by atoms with Crippen LogP contribution in [0.4, 0.5) is 13.2 Å². The van der Waals surface area contributed by atoms with Crippen LogP contribution in [0.1, 0.15) is 34.3 Å². The van der Waals surface area contributed by atoms with E-state index in [1.54, 1.807) is 12.1 Å². The number of alkyl halides is 3. The van der Waals surface area contributed by atoms with Crippen LogP contribution in [0, 0.1) is 11.8 Å². The van der Waals surface area contributed by atoms with Gasteiger partial charge in [-0.25, -0.2) is 0 Å². The quantitative estimate of drug-likeness (QED) is 0.900. The summed E-state index contributed by atoms with van der Waals surface area (Å²) in [6.45, 7) is -1.01. The lowest BCUT2D eigenvalue weighted by molar-refractivity contribution is -0.187. The Kier molecular flexibility index (Phi) is 4.27.